The average molecular weight is 199 g/mol. The molecule has 0 saturated carbocycles. The Morgan fingerprint density at radius 1 is 1.43 bits per heavy atom. The number of hydrogen-bond acceptors (Lipinski definition) is 2. The number of nitrogens with two attached hydrogens (primary N) is 1. The largest absolute Gasteiger partial charge is 0.352 e. The molecule has 0 aromatic heterocycles. The van der Waals surface area contributed by atoms with Crippen LogP contribution < -0.4 is 11.1 Å². The number of piperidine rings is 1. The fourth-order valence-electron chi connectivity index (χ4n) is 2.22. The molecule has 0 bridgehead atoms. The first-order chi connectivity index (χ1) is 6.61. The van der Waals surface area contributed by atoms with Crippen molar-refractivity contribution in [1.29, 1.82) is 0 Å². The molecule has 0 aromatic carbocycles. The number of primary amides is 1. The Balaban J connectivity index is 2.29. The van der Waals surface area contributed by atoms with Gasteiger partial charge in [0, 0.05) is 25.2 Å². The summed E-state index contributed by atoms with van der Waals surface area (Å²) in [5.74, 6) is 0. The maximum atomic E-state index is 10.5. The van der Waals surface area contributed by atoms with Crippen LogP contribution in [0.2, 0.25) is 0 Å². The molecule has 4 heteroatoms. The Morgan fingerprint density at radius 2 is 2.00 bits per heavy atom. The molecule has 1 fully saturated rings. The van der Waals surface area contributed by atoms with Crippen molar-refractivity contribution in [3.8, 4) is 0 Å². The van der Waals surface area contributed by atoms with Crippen molar-refractivity contribution in [1.82, 2.24) is 10.2 Å². The summed E-state index contributed by atoms with van der Waals surface area (Å²) in [7, 11) is 0. The van der Waals surface area contributed by atoms with Gasteiger partial charge >= 0.3 is 6.03 Å². The predicted octanol–water partition coefficient (Wildman–Crippen LogP) is 0.918. The van der Waals surface area contributed by atoms with Gasteiger partial charge in [-0.05, 0) is 26.7 Å². The lowest BCUT2D eigenvalue weighted by atomic mass is 9.98. The minimum absolute atomic E-state index is 0.428. The molecule has 1 heterocycles. The van der Waals surface area contributed by atoms with Crippen molar-refractivity contribution in [3.05, 3.63) is 0 Å². The van der Waals surface area contributed by atoms with Gasteiger partial charge in [-0.2, -0.15) is 0 Å². The maximum Gasteiger partial charge on any atom is 0.312 e. The Kier molecular flexibility index (Phi) is 4.20. The number of carbonyl (C=O) groups is 1. The molecule has 1 aliphatic rings. The van der Waals surface area contributed by atoms with Gasteiger partial charge in [-0.15, -0.1) is 0 Å². The third kappa shape index (κ3) is 3.18. The van der Waals surface area contributed by atoms with Crippen molar-refractivity contribution in [2.45, 2.75) is 45.2 Å². The van der Waals surface area contributed by atoms with E-state index in [9.17, 15) is 4.79 Å². The van der Waals surface area contributed by atoms with Gasteiger partial charge in [0.05, 0.1) is 0 Å². The van der Waals surface area contributed by atoms with Gasteiger partial charge in [-0.25, -0.2) is 4.79 Å². The highest BCUT2D eigenvalue weighted by Crippen LogP contribution is 2.21. The molecule has 2 atom stereocenters. The number of hydrogen-bond donors (Lipinski definition) is 2. The molecule has 0 aliphatic carbocycles. The summed E-state index contributed by atoms with van der Waals surface area (Å²) in [6.45, 7) is 6.06. The molecular weight excluding hydrogens is 178 g/mol. The molecule has 3 N–H and O–H groups in total. The molecule has 0 radical (unpaired) electrons. The van der Waals surface area contributed by atoms with Crippen molar-refractivity contribution in [3.63, 3.8) is 0 Å². The smallest absolute Gasteiger partial charge is 0.312 e. The van der Waals surface area contributed by atoms with E-state index in [1.54, 1.807) is 0 Å². The van der Waals surface area contributed by atoms with Gasteiger partial charge < -0.3 is 11.1 Å². The lowest BCUT2D eigenvalue weighted by Crippen LogP contribution is -2.47. The second-order valence-corrected chi connectivity index (χ2v) is 4.16. The van der Waals surface area contributed by atoms with E-state index in [0.29, 0.717) is 18.6 Å². The van der Waals surface area contributed by atoms with Crippen LogP contribution in [-0.2, 0) is 0 Å². The molecule has 1 aliphatic heterocycles. The molecule has 1 saturated heterocycles. The van der Waals surface area contributed by atoms with Crippen molar-refractivity contribution >= 4 is 6.03 Å². The van der Waals surface area contributed by atoms with Gasteiger partial charge in [-0.1, -0.05) is 6.42 Å². The summed E-state index contributed by atoms with van der Waals surface area (Å²) in [6, 6.07) is 0.837. The number of urea groups is 1. The minimum atomic E-state index is -0.428. The number of nitrogens with zero attached hydrogens (tertiary/aromatic N) is 1. The molecule has 4 nitrogen and oxygen atoms in total. The highest BCUT2D eigenvalue weighted by Gasteiger charge is 2.23. The van der Waals surface area contributed by atoms with Crippen LogP contribution >= 0.6 is 0 Å². The predicted molar refractivity (Wildman–Crippen MR) is 57.1 cm³/mol. The van der Waals surface area contributed by atoms with Gasteiger partial charge in [0.1, 0.15) is 0 Å². The van der Waals surface area contributed by atoms with Gasteiger partial charge in [0.2, 0.25) is 0 Å². The molecule has 82 valence electrons. The molecule has 1 rings (SSSR count). The summed E-state index contributed by atoms with van der Waals surface area (Å²) in [6.07, 6.45) is 3.85. The number of nitrogens with one attached hydrogen (secondary N) is 1. The second-order valence-electron chi connectivity index (χ2n) is 4.16. The third-order valence-electron chi connectivity index (χ3n) is 3.05. The van der Waals surface area contributed by atoms with Crippen LogP contribution in [0.25, 0.3) is 0 Å². The minimum Gasteiger partial charge on any atom is -0.352 e. The first-order valence-corrected chi connectivity index (χ1v) is 5.40. The van der Waals surface area contributed by atoms with Gasteiger partial charge in [0.25, 0.3) is 0 Å². The summed E-state index contributed by atoms with van der Waals surface area (Å²) in [4.78, 5) is 12.9. The first-order valence-electron chi connectivity index (χ1n) is 5.40. The zero-order valence-corrected chi connectivity index (χ0v) is 9.12. The fourth-order valence-corrected chi connectivity index (χ4v) is 2.22. The van der Waals surface area contributed by atoms with Crippen molar-refractivity contribution < 1.29 is 4.79 Å². The van der Waals surface area contributed by atoms with Crippen LogP contribution in [0, 0.1) is 0 Å². The van der Waals surface area contributed by atoms with E-state index in [1.165, 1.54) is 19.3 Å². The van der Waals surface area contributed by atoms with E-state index >= 15 is 0 Å². The maximum absolute atomic E-state index is 10.5. The zero-order valence-electron chi connectivity index (χ0n) is 9.12. The van der Waals surface area contributed by atoms with Crippen LogP contribution in [0.15, 0.2) is 0 Å². The quantitative estimate of drug-likeness (QED) is 0.710. The molecule has 0 spiro atoms. The number of rotatable bonds is 3. The second kappa shape index (κ2) is 5.20. The highest BCUT2D eigenvalue weighted by atomic mass is 16.2. The van der Waals surface area contributed by atoms with Crippen LogP contribution in [-0.4, -0.2) is 36.1 Å². The molecule has 2 unspecified atom stereocenters. The average Bonchev–Trinajstić information content (AvgIpc) is 2.09. The van der Waals surface area contributed by atoms with Crippen molar-refractivity contribution in [2.75, 3.05) is 13.1 Å². The number of amides is 2. The summed E-state index contributed by atoms with van der Waals surface area (Å²) < 4.78 is 0. The Hall–Kier alpha value is -0.770. The SMILES string of the molecule is CC1CCCC(C)N1CCNC(N)=O. The summed E-state index contributed by atoms with van der Waals surface area (Å²) >= 11 is 0. The Bertz CT molecular complexity index is 186. The normalized spacial score (nSPS) is 28.7. The van der Waals surface area contributed by atoms with E-state index in [2.05, 4.69) is 24.1 Å². The Labute approximate surface area is 85.8 Å². The highest BCUT2D eigenvalue weighted by molar-refractivity contribution is 5.71. The third-order valence-corrected chi connectivity index (χ3v) is 3.05. The van der Waals surface area contributed by atoms with Gasteiger partial charge in [0.15, 0.2) is 0 Å². The standard InChI is InChI=1S/C10H21N3O/c1-8-4-3-5-9(2)13(8)7-6-12-10(11)14/h8-9H,3-7H2,1-2H3,(H3,11,12,14). The van der Waals surface area contributed by atoms with Crippen LogP contribution in [0.3, 0.4) is 0 Å². The lowest BCUT2D eigenvalue weighted by molar-refractivity contribution is 0.105. The monoisotopic (exact) mass is 199 g/mol. The van der Waals surface area contributed by atoms with E-state index < -0.39 is 6.03 Å². The van der Waals surface area contributed by atoms with Crippen LogP contribution in [0.5, 0.6) is 0 Å². The van der Waals surface area contributed by atoms with Crippen LogP contribution in [0.4, 0.5) is 4.79 Å². The first kappa shape index (κ1) is 11.3. The molecule has 2 amide bonds. The van der Waals surface area contributed by atoms with E-state index in [-0.39, 0.29) is 0 Å². The van der Waals surface area contributed by atoms with E-state index in [1.807, 2.05) is 0 Å². The van der Waals surface area contributed by atoms with E-state index in [4.69, 9.17) is 5.73 Å². The topological polar surface area (TPSA) is 58.4 Å². The molecule has 14 heavy (non-hydrogen) atoms. The molecule has 0 aromatic rings. The molecular formula is C10H21N3O. The van der Waals surface area contributed by atoms with Crippen molar-refractivity contribution in [2.24, 2.45) is 5.73 Å². The zero-order chi connectivity index (χ0) is 10.6. The fraction of sp³-hybridized carbons (Fsp3) is 0.900. The lowest BCUT2D eigenvalue weighted by Gasteiger charge is -2.38. The summed E-state index contributed by atoms with van der Waals surface area (Å²) in [5, 5.41) is 2.63. The number of carbonyl (C=O) groups excluding carboxylic acids is 1. The van der Waals surface area contributed by atoms with Gasteiger partial charge in [-0.3, -0.25) is 4.90 Å². The van der Waals surface area contributed by atoms with Crippen LogP contribution in [0.1, 0.15) is 33.1 Å². The Morgan fingerprint density at radius 3 is 2.50 bits per heavy atom. The summed E-state index contributed by atoms with van der Waals surface area (Å²) in [5.41, 5.74) is 5.01. The number of likely N-dealkylation sites (tertiary alicyclic amines) is 1. The van der Waals surface area contributed by atoms with E-state index in [0.717, 1.165) is 6.54 Å².